The highest BCUT2D eigenvalue weighted by Crippen LogP contribution is 2.20. The van der Waals surface area contributed by atoms with E-state index in [1.807, 2.05) is 26.0 Å². The standard InChI is InChI=1S/C20H27N3O3/c1-5-13(2)12-21-20(26)16-6-8-17(9-7-16)23-15(4)18(14(3)22-23)10-11-19(24)25/h6-9,13H,5,10-12H2,1-4H3,(H,21,26)(H,24,25). The van der Waals surface area contributed by atoms with Crippen LogP contribution in [0.4, 0.5) is 0 Å². The van der Waals surface area contributed by atoms with Crippen molar-refractivity contribution in [2.24, 2.45) is 5.92 Å². The van der Waals surface area contributed by atoms with Crippen LogP contribution >= 0.6 is 0 Å². The largest absolute Gasteiger partial charge is 0.481 e. The summed E-state index contributed by atoms with van der Waals surface area (Å²) >= 11 is 0. The average molecular weight is 357 g/mol. The number of benzene rings is 1. The summed E-state index contributed by atoms with van der Waals surface area (Å²) in [5.41, 5.74) is 4.19. The lowest BCUT2D eigenvalue weighted by atomic mass is 10.1. The van der Waals surface area contributed by atoms with Gasteiger partial charge in [-0.1, -0.05) is 20.3 Å². The number of hydrogen-bond donors (Lipinski definition) is 2. The molecule has 1 unspecified atom stereocenters. The van der Waals surface area contributed by atoms with Crippen molar-refractivity contribution < 1.29 is 14.7 Å². The number of nitrogens with zero attached hydrogens (tertiary/aromatic N) is 2. The normalized spacial score (nSPS) is 12.0. The SMILES string of the molecule is CCC(C)CNC(=O)c1ccc(-n2nc(C)c(CCC(=O)O)c2C)cc1. The van der Waals surface area contributed by atoms with Crippen LogP contribution in [0.3, 0.4) is 0 Å². The van der Waals surface area contributed by atoms with Gasteiger partial charge in [-0.3, -0.25) is 9.59 Å². The van der Waals surface area contributed by atoms with Crippen LogP contribution in [-0.2, 0) is 11.2 Å². The van der Waals surface area contributed by atoms with Gasteiger partial charge in [0.05, 0.1) is 11.4 Å². The Morgan fingerprint density at radius 2 is 1.88 bits per heavy atom. The first-order valence-corrected chi connectivity index (χ1v) is 8.99. The Hall–Kier alpha value is -2.63. The van der Waals surface area contributed by atoms with Crippen LogP contribution in [0.2, 0.25) is 0 Å². The van der Waals surface area contributed by atoms with E-state index in [1.54, 1.807) is 16.8 Å². The van der Waals surface area contributed by atoms with Crippen molar-refractivity contribution in [2.75, 3.05) is 6.54 Å². The summed E-state index contributed by atoms with van der Waals surface area (Å²) in [6.45, 7) is 8.70. The van der Waals surface area contributed by atoms with Crippen LogP contribution in [-0.4, -0.2) is 33.3 Å². The maximum Gasteiger partial charge on any atom is 0.303 e. The van der Waals surface area contributed by atoms with Crippen LogP contribution < -0.4 is 5.32 Å². The first-order valence-electron chi connectivity index (χ1n) is 8.99. The van der Waals surface area contributed by atoms with Crippen LogP contribution in [0.5, 0.6) is 0 Å². The fraction of sp³-hybridized carbons (Fsp3) is 0.450. The molecule has 0 spiro atoms. The molecule has 2 aromatic rings. The predicted molar refractivity (Wildman–Crippen MR) is 101 cm³/mol. The number of carbonyl (C=O) groups is 2. The summed E-state index contributed by atoms with van der Waals surface area (Å²) in [6, 6.07) is 7.29. The Morgan fingerprint density at radius 1 is 1.23 bits per heavy atom. The molecule has 1 atom stereocenters. The van der Waals surface area contributed by atoms with Gasteiger partial charge >= 0.3 is 5.97 Å². The molecule has 1 aromatic heterocycles. The number of hydrogen-bond acceptors (Lipinski definition) is 3. The predicted octanol–water partition coefficient (Wildman–Crippen LogP) is 3.28. The highest BCUT2D eigenvalue weighted by Gasteiger charge is 2.14. The zero-order valence-electron chi connectivity index (χ0n) is 15.9. The van der Waals surface area contributed by atoms with E-state index in [1.165, 1.54) is 0 Å². The Labute approximate surface area is 154 Å². The molecule has 0 saturated carbocycles. The monoisotopic (exact) mass is 357 g/mol. The Morgan fingerprint density at radius 3 is 2.46 bits per heavy atom. The summed E-state index contributed by atoms with van der Waals surface area (Å²) in [6.07, 6.45) is 1.58. The third-order valence-electron chi connectivity index (χ3n) is 4.71. The molecule has 0 aliphatic carbocycles. The van der Waals surface area contributed by atoms with Gasteiger partial charge in [-0.05, 0) is 56.0 Å². The van der Waals surface area contributed by atoms with E-state index in [9.17, 15) is 9.59 Å². The Balaban J connectivity index is 2.14. The van der Waals surface area contributed by atoms with Crippen LogP contribution in [0.15, 0.2) is 24.3 Å². The minimum absolute atomic E-state index is 0.0765. The molecular formula is C20H27N3O3. The molecule has 0 bridgehead atoms. The van der Waals surface area contributed by atoms with Gasteiger partial charge in [-0.2, -0.15) is 5.10 Å². The van der Waals surface area contributed by atoms with Crippen LogP contribution in [0.1, 0.15) is 54.0 Å². The van der Waals surface area contributed by atoms with Crippen molar-refractivity contribution >= 4 is 11.9 Å². The summed E-state index contributed by atoms with van der Waals surface area (Å²) in [7, 11) is 0. The number of carboxylic acids is 1. The number of aliphatic carboxylic acids is 1. The summed E-state index contributed by atoms with van der Waals surface area (Å²) in [4.78, 5) is 23.0. The highest BCUT2D eigenvalue weighted by molar-refractivity contribution is 5.94. The molecular weight excluding hydrogens is 330 g/mol. The first kappa shape index (κ1) is 19.7. The number of rotatable bonds is 8. The molecule has 6 heteroatoms. The molecule has 0 saturated heterocycles. The fourth-order valence-electron chi connectivity index (χ4n) is 2.79. The summed E-state index contributed by atoms with van der Waals surface area (Å²) in [5, 5.41) is 16.4. The fourth-order valence-corrected chi connectivity index (χ4v) is 2.79. The number of carbonyl (C=O) groups excluding carboxylic acids is 1. The maximum absolute atomic E-state index is 12.2. The van der Waals surface area contributed by atoms with Gasteiger partial charge in [0.1, 0.15) is 0 Å². The van der Waals surface area contributed by atoms with Gasteiger partial charge in [0.2, 0.25) is 0 Å². The van der Waals surface area contributed by atoms with Crippen LogP contribution in [0, 0.1) is 19.8 Å². The lowest BCUT2D eigenvalue weighted by Gasteiger charge is -2.11. The van der Waals surface area contributed by atoms with Crippen molar-refractivity contribution in [3.63, 3.8) is 0 Å². The zero-order valence-corrected chi connectivity index (χ0v) is 15.9. The van der Waals surface area contributed by atoms with Crippen molar-refractivity contribution in [1.82, 2.24) is 15.1 Å². The molecule has 1 amide bonds. The number of amides is 1. The van der Waals surface area contributed by atoms with Crippen LogP contribution in [0.25, 0.3) is 5.69 Å². The zero-order chi connectivity index (χ0) is 19.3. The molecule has 26 heavy (non-hydrogen) atoms. The summed E-state index contributed by atoms with van der Waals surface area (Å²) in [5.74, 6) is -0.436. The third kappa shape index (κ3) is 4.71. The van der Waals surface area contributed by atoms with Crippen molar-refractivity contribution in [2.45, 2.75) is 47.0 Å². The van der Waals surface area contributed by atoms with Crippen molar-refractivity contribution in [1.29, 1.82) is 0 Å². The Kier molecular flexibility index (Phi) is 6.55. The van der Waals surface area contributed by atoms with E-state index < -0.39 is 5.97 Å². The molecule has 1 heterocycles. The molecule has 2 rings (SSSR count). The number of aryl methyl sites for hydroxylation is 1. The van der Waals surface area contributed by atoms with Gasteiger partial charge in [-0.25, -0.2) is 4.68 Å². The van der Waals surface area contributed by atoms with Crippen molar-refractivity contribution in [3.05, 3.63) is 46.8 Å². The molecule has 0 aliphatic heterocycles. The van der Waals surface area contributed by atoms with Crippen molar-refractivity contribution in [3.8, 4) is 5.69 Å². The Bertz CT molecular complexity index is 778. The molecule has 0 radical (unpaired) electrons. The lowest BCUT2D eigenvalue weighted by molar-refractivity contribution is -0.136. The quantitative estimate of drug-likeness (QED) is 0.759. The van der Waals surface area contributed by atoms with E-state index in [4.69, 9.17) is 5.11 Å². The first-order chi connectivity index (χ1) is 12.3. The smallest absolute Gasteiger partial charge is 0.303 e. The van der Waals surface area contributed by atoms with Gasteiger partial charge in [0, 0.05) is 24.2 Å². The van der Waals surface area contributed by atoms with E-state index in [2.05, 4.69) is 24.3 Å². The van der Waals surface area contributed by atoms with E-state index in [-0.39, 0.29) is 12.3 Å². The lowest BCUT2D eigenvalue weighted by Crippen LogP contribution is -2.28. The molecule has 1 aromatic carbocycles. The minimum atomic E-state index is -0.815. The van der Waals surface area contributed by atoms with Gasteiger partial charge < -0.3 is 10.4 Å². The molecule has 0 fully saturated rings. The third-order valence-corrected chi connectivity index (χ3v) is 4.71. The highest BCUT2D eigenvalue weighted by atomic mass is 16.4. The number of carboxylic acid groups (broad SMARTS) is 1. The van der Waals surface area contributed by atoms with E-state index in [0.717, 1.165) is 29.1 Å². The second-order valence-corrected chi connectivity index (χ2v) is 6.73. The number of nitrogens with one attached hydrogen (secondary N) is 1. The number of aromatic nitrogens is 2. The molecule has 2 N–H and O–H groups in total. The second-order valence-electron chi connectivity index (χ2n) is 6.73. The van der Waals surface area contributed by atoms with E-state index in [0.29, 0.717) is 24.4 Å². The van der Waals surface area contributed by atoms with E-state index >= 15 is 0 Å². The minimum Gasteiger partial charge on any atom is -0.481 e. The second kappa shape index (κ2) is 8.65. The topological polar surface area (TPSA) is 84.2 Å². The average Bonchev–Trinajstić information content (AvgIpc) is 2.91. The van der Waals surface area contributed by atoms with Gasteiger partial charge in [0.15, 0.2) is 0 Å². The summed E-state index contributed by atoms with van der Waals surface area (Å²) < 4.78 is 1.80. The van der Waals surface area contributed by atoms with Gasteiger partial charge in [0.25, 0.3) is 5.91 Å². The molecule has 0 aliphatic rings. The molecule has 6 nitrogen and oxygen atoms in total. The van der Waals surface area contributed by atoms with Gasteiger partial charge in [-0.15, -0.1) is 0 Å². The molecule has 140 valence electrons. The maximum atomic E-state index is 12.2.